The van der Waals surface area contributed by atoms with Crippen molar-refractivity contribution >= 4 is 22.7 Å². The fourth-order valence-electron chi connectivity index (χ4n) is 2.55. The Hall–Kier alpha value is -1.02. The van der Waals surface area contributed by atoms with E-state index in [-0.39, 0.29) is 0 Å². The van der Waals surface area contributed by atoms with Gasteiger partial charge in [-0.05, 0) is 30.4 Å². The number of para-hydroxylation sites is 1. The van der Waals surface area contributed by atoms with Crippen LogP contribution in [0.2, 0.25) is 0 Å². The third-order valence-corrected chi connectivity index (χ3v) is 4.68. The standard InChI is InChI=1S/C15H17NS/c1-10(2)7-12-8-11-9-16-14-6-4-3-5-13(14)15(11)17-12/h3-6,9-10,12H,7-8H2,1-2H3. The first-order valence-corrected chi connectivity index (χ1v) is 7.15. The molecule has 0 N–H and O–H groups in total. The maximum Gasteiger partial charge on any atom is 0.0713 e. The van der Waals surface area contributed by atoms with Crippen LogP contribution in [-0.2, 0) is 6.42 Å². The van der Waals surface area contributed by atoms with Gasteiger partial charge in [0.1, 0.15) is 0 Å². The van der Waals surface area contributed by atoms with Crippen LogP contribution in [-0.4, -0.2) is 10.2 Å². The molecule has 1 nitrogen and oxygen atoms in total. The molecule has 0 radical (unpaired) electrons. The average Bonchev–Trinajstić information content (AvgIpc) is 2.70. The van der Waals surface area contributed by atoms with Gasteiger partial charge < -0.3 is 0 Å². The molecule has 0 aliphatic carbocycles. The monoisotopic (exact) mass is 243 g/mol. The zero-order chi connectivity index (χ0) is 11.8. The molecule has 0 amide bonds. The van der Waals surface area contributed by atoms with E-state index in [1.54, 1.807) is 0 Å². The first kappa shape index (κ1) is 11.1. The lowest BCUT2D eigenvalue weighted by Crippen LogP contribution is -2.04. The molecule has 0 saturated heterocycles. The first-order valence-electron chi connectivity index (χ1n) is 6.27. The molecule has 2 heteroatoms. The van der Waals surface area contributed by atoms with Gasteiger partial charge in [0, 0.05) is 21.7 Å². The van der Waals surface area contributed by atoms with E-state index < -0.39 is 0 Å². The zero-order valence-electron chi connectivity index (χ0n) is 10.3. The van der Waals surface area contributed by atoms with Gasteiger partial charge >= 0.3 is 0 Å². The minimum absolute atomic E-state index is 0.748. The lowest BCUT2D eigenvalue weighted by atomic mass is 10.0. The minimum atomic E-state index is 0.748. The van der Waals surface area contributed by atoms with E-state index in [9.17, 15) is 0 Å². The molecular weight excluding hydrogens is 226 g/mol. The highest BCUT2D eigenvalue weighted by atomic mass is 32.2. The molecule has 1 aliphatic heterocycles. The summed E-state index contributed by atoms with van der Waals surface area (Å²) in [5.74, 6) is 0.779. The Kier molecular flexibility index (Phi) is 2.83. The van der Waals surface area contributed by atoms with Crippen molar-refractivity contribution in [3.05, 3.63) is 36.0 Å². The SMILES string of the molecule is CC(C)CC1Cc2cnc3ccccc3c2S1. The summed E-state index contributed by atoms with van der Waals surface area (Å²) >= 11 is 2.05. The van der Waals surface area contributed by atoms with Crippen LogP contribution in [0.4, 0.5) is 0 Å². The van der Waals surface area contributed by atoms with Gasteiger partial charge in [-0.25, -0.2) is 0 Å². The summed E-state index contributed by atoms with van der Waals surface area (Å²) in [5.41, 5.74) is 2.57. The van der Waals surface area contributed by atoms with E-state index in [4.69, 9.17) is 0 Å². The maximum atomic E-state index is 4.55. The zero-order valence-corrected chi connectivity index (χ0v) is 11.1. The number of hydrogen-bond donors (Lipinski definition) is 0. The number of nitrogens with zero attached hydrogens (tertiary/aromatic N) is 1. The second-order valence-corrected chi connectivity index (χ2v) is 6.51. The molecule has 0 spiro atoms. The quantitative estimate of drug-likeness (QED) is 0.780. The third kappa shape index (κ3) is 2.06. The van der Waals surface area contributed by atoms with E-state index in [2.05, 4.69) is 61.1 Å². The predicted octanol–water partition coefficient (Wildman–Crippen LogP) is 4.30. The molecule has 1 unspecified atom stereocenters. The topological polar surface area (TPSA) is 12.9 Å². The van der Waals surface area contributed by atoms with Crippen molar-refractivity contribution in [2.75, 3.05) is 0 Å². The van der Waals surface area contributed by atoms with Gasteiger partial charge in [0.05, 0.1) is 5.52 Å². The second-order valence-electron chi connectivity index (χ2n) is 5.20. The Morgan fingerprint density at radius 2 is 2.18 bits per heavy atom. The summed E-state index contributed by atoms with van der Waals surface area (Å²) < 4.78 is 0. The van der Waals surface area contributed by atoms with Crippen molar-refractivity contribution in [1.82, 2.24) is 4.98 Å². The fourth-order valence-corrected chi connectivity index (χ4v) is 4.22. The number of hydrogen-bond acceptors (Lipinski definition) is 2. The Morgan fingerprint density at radius 1 is 1.35 bits per heavy atom. The Bertz CT molecular complexity index is 548. The molecule has 2 heterocycles. The average molecular weight is 243 g/mol. The molecule has 0 saturated carbocycles. The lowest BCUT2D eigenvalue weighted by Gasteiger charge is -2.10. The van der Waals surface area contributed by atoms with Gasteiger partial charge in [0.25, 0.3) is 0 Å². The van der Waals surface area contributed by atoms with Crippen molar-refractivity contribution in [3.8, 4) is 0 Å². The van der Waals surface area contributed by atoms with Crippen molar-refractivity contribution in [3.63, 3.8) is 0 Å². The van der Waals surface area contributed by atoms with Crippen molar-refractivity contribution in [2.45, 2.75) is 36.8 Å². The van der Waals surface area contributed by atoms with Crippen LogP contribution in [0.3, 0.4) is 0 Å². The van der Waals surface area contributed by atoms with Gasteiger partial charge in [-0.2, -0.15) is 0 Å². The maximum absolute atomic E-state index is 4.55. The van der Waals surface area contributed by atoms with Gasteiger partial charge in [-0.15, -0.1) is 11.8 Å². The van der Waals surface area contributed by atoms with E-state index in [1.165, 1.54) is 28.7 Å². The third-order valence-electron chi connectivity index (χ3n) is 3.27. The second kappa shape index (κ2) is 4.34. The molecule has 0 fully saturated rings. The van der Waals surface area contributed by atoms with Gasteiger partial charge in [-0.1, -0.05) is 32.0 Å². The van der Waals surface area contributed by atoms with Crippen LogP contribution in [0.15, 0.2) is 35.4 Å². The van der Waals surface area contributed by atoms with Gasteiger partial charge in [0.15, 0.2) is 0 Å². The summed E-state index contributed by atoms with van der Waals surface area (Å²) in [6.45, 7) is 4.61. The molecule has 17 heavy (non-hydrogen) atoms. The lowest BCUT2D eigenvalue weighted by molar-refractivity contribution is 0.570. The van der Waals surface area contributed by atoms with Gasteiger partial charge in [0.2, 0.25) is 0 Å². The summed E-state index contributed by atoms with van der Waals surface area (Å²) in [5, 5.41) is 2.08. The fraction of sp³-hybridized carbons (Fsp3) is 0.400. The Morgan fingerprint density at radius 3 is 3.00 bits per heavy atom. The molecule has 88 valence electrons. The van der Waals surface area contributed by atoms with Crippen LogP contribution in [0.5, 0.6) is 0 Å². The highest BCUT2D eigenvalue weighted by Crippen LogP contribution is 2.42. The smallest absolute Gasteiger partial charge is 0.0713 e. The molecular formula is C15H17NS. The highest BCUT2D eigenvalue weighted by Gasteiger charge is 2.24. The number of rotatable bonds is 2. The van der Waals surface area contributed by atoms with E-state index in [0.29, 0.717) is 0 Å². The van der Waals surface area contributed by atoms with E-state index in [1.807, 2.05) is 0 Å². The first-order chi connectivity index (χ1) is 8.24. The van der Waals surface area contributed by atoms with E-state index in [0.717, 1.165) is 16.7 Å². The Labute approximate surface area is 107 Å². The van der Waals surface area contributed by atoms with Crippen LogP contribution in [0, 0.1) is 5.92 Å². The molecule has 3 rings (SSSR count). The summed E-state index contributed by atoms with van der Waals surface area (Å²) in [7, 11) is 0. The van der Waals surface area contributed by atoms with Crippen LogP contribution in [0.25, 0.3) is 10.9 Å². The largest absolute Gasteiger partial charge is 0.256 e. The van der Waals surface area contributed by atoms with Crippen LogP contribution in [0.1, 0.15) is 25.8 Å². The summed E-state index contributed by atoms with van der Waals surface area (Å²) in [6, 6.07) is 8.48. The molecule has 2 aromatic rings. The molecule has 1 aliphatic rings. The molecule has 1 aromatic carbocycles. The van der Waals surface area contributed by atoms with Crippen molar-refractivity contribution in [1.29, 1.82) is 0 Å². The Balaban J connectivity index is 1.99. The number of benzene rings is 1. The highest BCUT2D eigenvalue weighted by molar-refractivity contribution is 8.00. The molecule has 1 aromatic heterocycles. The normalized spacial score (nSPS) is 18.9. The number of pyridine rings is 1. The molecule has 1 atom stereocenters. The summed E-state index contributed by atoms with van der Waals surface area (Å²) in [4.78, 5) is 6.03. The summed E-state index contributed by atoms with van der Waals surface area (Å²) in [6.07, 6.45) is 4.56. The van der Waals surface area contributed by atoms with Crippen molar-refractivity contribution in [2.24, 2.45) is 5.92 Å². The minimum Gasteiger partial charge on any atom is -0.256 e. The van der Waals surface area contributed by atoms with Gasteiger partial charge in [-0.3, -0.25) is 4.98 Å². The molecule has 0 bridgehead atoms. The number of aromatic nitrogens is 1. The van der Waals surface area contributed by atoms with Crippen molar-refractivity contribution < 1.29 is 0 Å². The predicted molar refractivity (Wildman–Crippen MR) is 74.5 cm³/mol. The number of thioether (sulfide) groups is 1. The van der Waals surface area contributed by atoms with Crippen LogP contribution < -0.4 is 0 Å². The van der Waals surface area contributed by atoms with Crippen LogP contribution >= 0.6 is 11.8 Å². The van der Waals surface area contributed by atoms with E-state index >= 15 is 0 Å². The number of fused-ring (bicyclic) bond motifs is 3.